The highest BCUT2D eigenvalue weighted by Crippen LogP contribution is 2.27. The van der Waals surface area contributed by atoms with Gasteiger partial charge in [0, 0.05) is 0 Å². The molecule has 0 radical (unpaired) electrons. The predicted octanol–water partition coefficient (Wildman–Crippen LogP) is 3.35. The summed E-state index contributed by atoms with van der Waals surface area (Å²) < 4.78 is 1.78. The Morgan fingerprint density at radius 3 is 2.64 bits per heavy atom. The Balaban J connectivity index is 1.61. The zero-order chi connectivity index (χ0) is 19.7. The van der Waals surface area contributed by atoms with E-state index in [1.165, 1.54) is 10.4 Å². The second kappa shape index (κ2) is 7.29. The molecule has 2 aromatic carbocycles. The topological polar surface area (TPSA) is 85.2 Å². The number of hydrogen-bond acceptors (Lipinski definition) is 6. The molecule has 7 nitrogen and oxygen atoms in total. The van der Waals surface area contributed by atoms with Crippen molar-refractivity contribution in [2.45, 2.75) is 25.4 Å². The second-order valence-electron chi connectivity index (χ2n) is 6.46. The van der Waals surface area contributed by atoms with Gasteiger partial charge < -0.3 is 0 Å². The van der Waals surface area contributed by atoms with E-state index in [1.54, 1.807) is 23.0 Å². The van der Waals surface area contributed by atoms with E-state index in [1.807, 2.05) is 24.3 Å². The fourth-order valence-corrected chi connectivity index (χ4v) is 3.22. The maximum absolute atomic E-state index is 8.89. The van der Waals surface area contributed by atoms with Crippen LogP contribution in [0.3, 0.4) is 0 Å². The number of hydrogen-bond donors (Lipinski definition) is 1. The van der Waals surface area contributed by atoms with E-state index >= 15 is 0 Å². The van der Waals surface area contributed by atoms with Crippen molar-refractivity contribution in [2.24, 2.45) is 0 Å². The lowest BCUT2D eigenvalue weighted by molar-refractivity contribution is 0.573. The smallest absolute Gasteiger partial charge is 0.209 e. The molecule has 0 N–H and O–H groups in total. The van der Waals surface area contributed by atoms with Crippen LogP contribution in [0, 0.1) is 25.2 Å². The molecule has 0 atom stereocenters. The molecule has 0 aliphatic rings. The average Bonchev–Trinajstić information content (AvgIpc) is 3.31. The van der Waals surface area contributed by atoms with Crippen molar-refractivity contribution in [3.05, 3.63) is 70.9 Å². The number of tetrazole rings is 1. The fraction of sp³-hybridized carbons (Fsp3) is 0.150. The van der Waals surface area contributed by atoms with Crippen molar-refractivity contribution in [2.75, 3.05) is 0 Å². The van der Waals surface area contributed by atoms with Gasteiger partial charge in [-0.2, -0.15) is 15.2 Å². The quantitative estimate of drug-likeness (QED) is 0.543. The summed E-state index contributed by atoms with van der Waals surface area (Å²) in [5.41, 5.74) is 5.63. The van der Waals surface area contributed by atoms with Crippen LogP contribution in [-0.4, -0.2) is 30.0 Å². The van der Waals surface area contributed by atoms with Gasteiger partial charge in [-0.05, 0) is 54.0 Å². The minimum absolute atomic E-state index is 0.464. The van der Waals surface area contributed by atoms with Crippen LogP contribution in [0.25, 0.3) is 17.1 Å². The first kappa shape index (κ1) is 17.9. The molecule has 8 heteroatoms. The van der Waals surface area contributed by atoms with Gasteiger partial charge in [0.25, 0.3) is 0 Å². The summed E-state index contributed by atoms with van der Waals surface area (Å²) in [4.78, 5) is 1.51. The Morgan fingerprint density at radius 1 is 1.11 bits per heavy atom. The van der Waals surface area contributed by atoms with E-state index in [0.29, 0.717) is 23.0 Å². The van der Waals surface area contributed by atoms with Crippen LogP contribution in [0.15, 0.2) is 53.7 Å². The molecular weight excluding hydrogens is 370 g/mol. The van der Waals surface area contributed by atoms with E-state index in [0.717, 1.165) is 22.4 Å². The third kappa shape index (κ3) is 3.28. The van der Waals surface area contributed by atoms with E-state index in [2.05, 4.69) is 59.1 Å². The maximum atomic E-state index is 8.89. The highest BCUT2D eigenvalue weighted by atomic mass is 32.1. The van der Waals surface area contributed by atoms with Gasteiger partial charge in [-0.1, -0.05) is 24.3 Å². The van der Waals surface area contributed by atoms with Gasteiger partial charge in [-0.3, -0.25) is 0 Å². The highest BCUT2D eigenvalue weighted by Gasteiger charge is 2.17. The number of aromatic nitrogens is 6. The van der Waals surface area contributed by atoms with E-state index in [9.17, 15) is 0 Å². The van der Waals surface area contributed by atoms with Crippen molar-refractivity contribution in [1.29, 1.82) is 5.26 Å². The Bertz CT molecular complexity index is 1180. The molecular formula is C20H17N7S. The average molecular weight is 387 g/mol. The summed E-state index contributed by atoms with van der Waals surface area (Å²) in [5.74, 6) is 0.468. The first-order valence-corrected chi connectivity index (χ1v) is 9.12. The van der Waals surface area contributed by atoms with Crippen molar-refractivity contribution in [3.8, 4) is 23.1 Å². The van der Waals surface area contributed by atoms with Crippen LogP contribution in [0.5, 0.6) is 0 Å². The monoisotopic (exact) mass is 387 g/mol. The lowest BCUT2D eigenvalue weighted by Crippen LogP contribution is -2.04. The zero-order valence-corrected chi connectivity index (χ0v) is 16.3. The second-order valence-corrected chi connectivity index (χ2v) is 6.89. The standard InChI is InChI=1S/C20H17N7S/c1-13-4-3-5-18(14(13)2)27-20(28)17(11-22-27)19-23-25-26(24-19)12-16-8-6-15(10-21)7-9-16/h3-9,11,28H,12H2,1-2H3. The summed E-state index contributed by atoms with van der Waals surface area (Å²) in [7, 11) is 0. The molecule has 2 heterocycles. The Labute approximate surface area is 167 Å². The molecule has 138 valence electrons. The van der Waals surface area contributed by atoms with Crippen LogP contribution < -0.4 is 0 Å². The molecule has 4 aromatic rings. The van der Waals surface area contributed by atoms with Gasteiger partial charge in [0.15, 0.2) is 0 Å². The lowest BCUT2D eigenvalue weighted by atomic mass is 10.1. The number of aryl methyl sites for hydroxylation is 1. The molecule has 0 spiro atoms. The van der Waals surface area contributed by atoms with Crippen LogP contribution in [-0.2, 0) is 6.54 Å². The summed E-state index contributed by atoms with van der Waals surface area (Å²) in [6.45, 7) is 4.59. The van der Waals surface area contributed by atoms with Crippen molar-refractivity contribution < 1.29 is 0 Å². The Kier molecular flexibility index (Phi) is 4.67. The first-order valence-electron chi connectivity index (χ1n) is 8.67. The zero-order valence-electron chi connectivity index (χ0n) is 15.4. The summed E-state index contributed by atoms with van der Waals surface area (Å²) in [6.07, 6.45) is 1.70. The fourth-order valence-electron chi connectivity index (χ4n) is 2.91. The summed E-state index contributed by atoms with van der Waals surface area (Å²) >= 11 is 4.65. The molecule has 0 unspecified atom stereocenters. The van der Waals surface area contributed by atoms with Gasteiger partial charge in [0.05, 0.1) is 35.6 Å². The third-order valence-corrected chi connectivity index (χ3v) is 5.08. The maximum Gasteiger partial charge on any atom is 0.209 e. The highest BCUT2D eigenvalue weighted by molar-refractivity contribution is 7.80. The number of nitriles is 1. The number of nitrogens with zero attached hydrogens (tertiary/aromatic N) is 7. The molecule has 0 saturated carbocycles. The third-order valence-electron chi connectivity index (χ3n) is 4.65. The SMILES string of the molecule is Cc1cccc(-n2ncc(-c3nnn(Cc4ccc(C#N)cc4)n3)c2S)c1C. The minimum Gasteiger partial charge on any atom is -0.226 e. The van der Waals surface area contributed by atoms with Gasteiger partial charge >= 0.3 is 0 Å². The molecule has 2 aromatic heterocycles. The van der Waals surface area contributed by atoms with Crippen LogP contribution in [0.4, 0.5) is 0 Å². The van der Waals surface area contributed by atoms with E-state index < -0.39 is 0 Å². The van der Waals surface area contributed by atoms with Crippen LogP contribution in [0.2, 0.25) is 0 Å². The number of rotatable bonds is 4. The van der Waals surface area contributed by atoms with Crippen molar-refractivity contribution in [1.82, 2.24) is 30.0 Å². The molecule has 0 amide bonds. The minimum atomic E-state index is 0.464. The summed E-state index contributed by atoms with van der Waals surface area (Å²) in [6, 6.07) is 15.5. The van der Waals surface area contributed by atoms with Gasteiger partial charge in [-0.25, -0.2) is 4.68 Å². The normalized spacial score (nSPS) is 10.8. The van der Waals surface area contributed by atoms with Gasteiger partial charge in [0.2, 0.25) is 5.82 Å². The lowest BCUT2D eigenvalue weighted by Gasteiger charge is -2.09. The number of thiol groups is 1. The Morgan fingerprint density at radius 2 is 1.89 bits per heavy atom. The van der Waals surface area contributed by atoms with E-state index in [-0.39, 0.29) is 0 Å². The van der Waals surface area contributed by atoms with Crippen molar-refractivity contribution in [3.63, 3.8) is 0 Å². The molecule has 0 bridgehead atoms. The Hall–Kier alpha value is -3.44. The number of benzene rings is 2. The molecule has 0 fully saturated rings. The molecule has 0 saturated heterocycles. The predicted molar refractivity (Wildman–Crippen MR) is 107 cm³/mol. The van der Waals surface area contributed by atoms with Crippen LogP contribution in [0.1, 0.15) is 22.3 Å². The summed E-state index contributed by atoms with van der Waals surface area (Å²) in [5, 5.41) is 26.7. The molecule has 0 aliphatic heterocycles. The largest absolute Gasteiger partial charge is 0.226 e. The van der Waals surface area contributed by atoms with Gasteiger partial charge in [-0.15, -0.1) is 22.8 Å². The molecule has 4 rings (SSSR count). The molecule has 28 heavy (non-hydrogen) atoms. The van der Waals surface area contributed by atoms with E-state index in [4.69, 9.17) is 5.26 Å². The van der Waals surface area contributed by atoms with Crippen LogP contribution >= 0.6 is 12.6 Å². The van der Waals surface area contributed by atoms with Crippen molar-refractivity contribution >= 4 is 12.6 Å². The van der Waals surface area contributed by atoms with Gasteiger partial charge in [0.1, 0.15) is 5.03 Å². The molecule has 0 aliphatic carbocycles. The first-order chi connectivity index (χ1) is 13.6.